The Balaban J connectivity index is 1.70. The molecule has 21 heavy (non-hydrogen) atoms. The summed E-state index contributed by atoms with van der Waals surface area (Å²) in [7, 11) is 0. The van der Waals surface area contributed by atoms with E-state index in [1.54, 1.807) is 0 Å². The lowest BCUT2D eigenvalue weighted by Gasteiger charge is -2.24. The Morgan fingerprint density at radius 3 is 2.90 bits per heavy atom. The highest BCUT2D eigenvalue weighted by Gasteiger charge is 2.60. The van der Waals surface area contributed by atoms with Crippen molar-refractivity contribution in [1.29, 1.82) is 0 Å². The molecule has 0 aromatic heterocycles. The molecule has 0 saturated carbocycles. The van der Waals surface area contributed by atoms with Gasteiger partial charge in [0.05, 0.1) is 17.9 Å². The van der Waals surface area contributed by atoms with Gasteiger partial charge in [0.15, 0.2) is 0 Å². The van der Waals surface area contributed by atoms with Gasteiger partial charge in [-0.25, -0.2) is 0 Å². The molecule has 0 aliphatic carbocycles. The summed E-state index contributed by atoms with van der Waals surface area (Å²) in [4.78, 5) is 14.8. The van der Waals surface area contributed by atoms with E-state index < -0.39 is 0 Å². The summed E-state index contributed by atoms with van der Waals surface area (Å²) < 4.78 is 5.30. The highest BCUT2D eigenvalue weighted by atomic mass is 16.5. The molecule has 3 fully saturated rings. The third kappa shape index (κ3) is 1.98. The monoisotopic (exact) mass is 281 g/mol. The summed E-state index contributed by atoms with van der Waals surface area (Å²) in [6.07, 6.45) is 3.20. The maximum absolute atomic E-state index is 12.3. The van der Waals surface area contributed by atoms with Gasteiger partial charge in [0.2, 0.25) is 0 Å². The number of nitrogens with zero attached hydrogens (tertiary/aromatic N) is 1. The second-order valence-corrected chi connectivity index (χ2v) is 6.34. The van der Waals surface area contributed by atoms with Gasteiger partial charge in [-0.1, -0.05) is 30.0 Å². The van der Waals surface area contributed by atoms with Crippen LogP contribution in [0.5, 0.6) is 0 Å². The Labute approximate surface area is 125 Å². The molecule has 3 heteroatoms. The minimum Gasteiger partial charge on any atom is -0.465 e. The van der Waals surface area contributed by atoms with Gasteiger partial charge in [-0.2, -0.15) is 0 Å². The first-order valence-corrected chi connectivity index (χ1v) is 7.77. The van der Waals surface area contributed by atoms with Crippen molar-refractivity contribution in [3.63, 3.8) is 0 Å². The van der Waals surface area contributed by atoms with E-state index in [2.05, 4.69) is 16.7 Å². The van der Waals surface area contributed by atoms with Crippen LogP contribution in [0.4, 0.5) is 0 Å². The first kappa shape index (κ1) is 12.9. The topological polar surface area (TPSA) is 29.5 Å². The van der Waals surface area contributed by atoms with Crippen LogP contribution in [0.25, 0.3) is 0 Å². The number of rotatable bonds is 0. The van der Waals surface area contributed by atoms with Gasteiger partial charge < -0.3 is 4.74 Å². The van der Waals surface area contributed by atoms with Crippen LogP contribution < -0.4 is 0 Å². The fourth-order valence-corrected chi connectivity index (χ4v) is 4.17. The third-order valence-electron chi connectivity index (χ3n) is 5.21. The highest BCUT2D eigenvalue weighted by Crippen LogP contribution is 2.49. The maximum atomic E-state index is 12.3. The van der Waals surface area contributed by atoms with Crippen LogP contribution in [0.15, 0.2) is 30.3 Å². The number of hydrogen-bond acceptors (Lipinski definition) is 3. The smallest absolute Gasteiger partial charge is 0.314 e. The van der Waals surface area contributed by atoms with E-state index in [9.17, 15) is 4.79 Å². The van der Waals surface area contributed by atoms with Gasteiger partial charge in [0.25, 0.3) is 0 Å². The fourth-order valence-electron chi connectivity index (χ4n) is 4.17. The minimum atomic E-state index is -0.368. The SMILES string of the molecule is O=C1OCC[C@@]12CN1CCC[C@H]1[C@H]2C#Cc1ccccc1. The molecule has 3 aliphatic rings. The lowest BCUT2D eigenvalue weighted by atomic mass is 9.74. The van der Waals surface area contributed by atoms with Gasteiger partial charge >= 0.3 is 5.97 Å². The van der Waals surface area contributed by atoms with E-state index in [-0.39, 0.29) is 17.3 Å². The Morgan fingerprint density at radius 1 is 1.29 bits per heavy atom. The third-order valence-corrected chi connectivity index (χ3v) is 5.21. The summed E-state index contributed by atoms with van der Waals surface area (Å²) in [5, 5.41) is 0. The Bertz CT molecular complexity index is 615. The number of esters is 1. The molecular formula is C18H19NO2. The van der Waals surface area contributed by atoms with Crippen LogP contribution in [-0.4, -0.2) is 36.6 Å². The molecule has 108 valence electrons. The molecule has 1 spiro atoms. The van der Waals surface area contributed by atoms with Crippen molar-refractivity contribution in [2.45, 2.75) is 25.3 Å². The molecule has 0 amide bonds. The largest absolute Gasteiger partial charge is 0.465 e. The zero-order chi connectivity index (χ0) is 14.3. The summed E-state index contributed by atoms with van der Waals surface area (Å²) in [6.45, 7) is 2.50. The predicted octanol–water partition coefficient (Wildman–Crippen LogP) is 2.07. The minimum absolute atomic E-state index is 0.0238. The normalized spacial score (nSPS) is 34.6. The molecule has 3 aliphatic heterocycles. The molecule has 0 bridgehead atoms. The predicted molar refractivity (Wildman–Crippen MR) is 79.4 cm³/mol. The van der Waals surface area contributed by atoms with Gasteiger partial charge in [-0.3, -0.25) is 9.69 Å². The molecule has 0 N–H and O–H groups in total. The summed E-state index contributed by atoms with van der Waals surface area (Å²) in [5.74, 6) is 6.82. The van der Waals surface area contributed by atoms with Crippen molar-refractivity contribution < 1.29 is 9.53 Å². The van der Waals surface area contributed by atoms with Gasteiger partial charge in [0.1, 0.15) is 0 Å². The van der Waals surface area contributed by atoms with Crippen LogP contribution in [0, 0.1) is 23.2 Å². The van der Waals surface area contributed by atoms with E-state index in [1.807, 2.05) is 30.3 Å². The summed E-state index contributed by atoms with van der Waals surface area (Å²) in [5.41, 5.74) is 0.655. The van der Waals surface area contributed by atoms with Crippen LogP contribution in [0.1, 0.15) is 24.8 Å². The van der Waals surface area contributed by atoms with Gasteiger partial charge in [-0.15, -0.1) is 0 Å². The molecule has 1 aromatic rings. The van der Waals surface area contributed by atoms with Crippen LogP contribution in [-0.2, 0) is 9.53 Å². The molecule has 3 nitrogen and oxygen atoms in total. The molecule has 0 radical (unpaired) electrons. The summed E-state index contributed by atoms with van der Waals surface area (Å²) in [6, 6.07) is 10.5. The van der Waals surface area contributed by atoms with Crippen LogP contribution >= 0.6 is 0 Å². The number of carbonyl (C=O) groups excluding carboxylic acids is 1. The molecule has 3 heterocycles. The Kier molecular flexibility index (Phi) is 3.01. The second kappa shape index (κ2) is 4.89. The standard InChI is InChI=1S/C18H19NO2/c20-17-18(10-12-21-17)13-19-11-4-7-16(19)15(18)9-8-14-5-2-1-3-6-14/h1-3,5-6,15-16H,4,7,10-13H2/t15-,16+,18+/m1/s1. The molecular weight excluding hydrogens is 262 g/mol. The first-order valence-electron chi connectivity index (χ1n) is 7.77. The van der Waals surface area contributed by atoms with Crippen LogP contribution in [0.3, 0.4) is 0 Å². The molecule has 0 unspecified atom stereocenters. The Morgan fingerprint density at radius 2 is 2.14 bits per heavy atom. The van der Waals surface area contributed by atoms with E-state index in [4.69, 9.17) is 4.74 Å². The highest BCUT2D eigenvalue weighted by molar-refractivity contribution is 5.80. The lowest BCUT2D eigenvalue weighted by Crippen LogP contribution is -2.36. The average molecular weight is 281 g/mol. The van der Waals surface area contributed by atoms with Crippen molar-refractivity contribution in [3.8, 4) is 11.8 Å². The number of benzene rings is 1. The molecule has 4 rings (SSSR count). The van der Waals surface area contributed by atoms with E-state index >= 15 is 0 Å². The number of ether oxygens (including phenoxy) is 1. The maximum Gasteiger partial charge on any atom is 0.314 e. The zero-order valence-electron chi connectivity index (χ0n) is 12.0. The second-order valence-electron chi connectivity index (χ2n) is 6.34. The quantitative estimate of drug-likeness (QED) is 0.538. The fraction of sp³-hybridized carbons (Fsp3) is 0.500. The van der Waals surface area contributed by atoms with Crippen molar-refractivity contribution in [1.82, 2.24) is 4.90 Å². The van der Waals surface area contributed by atoms with Crippen molar-refractivity contribution in [3.05, 3.63) is 35.9 Å². The van der Waals surface area contributed by atoms with Crippen molar-refractivity contribution >= 4 is 5.97 Å². The zero-order valence-corrected chi connectivity index (χ0v) is 12.0. The van der Waals surface area contributed by atoms with E-state index in [0.717, 1.165) is 31.5 Å². The lowest BCUT2D eigenvalue weighted by molar-refractivity contribution is -0.146. The van der Waals surface area contributed by atoms with Crippen molar-refractivity contribution in [2.24, 2.45) is 11.3 Å². The molecule has 3 atom stereocenters. The van der Waals surface area contributed by atoms with E-state index in [0.29, 0.717) is 12.6 Å². The first-order chi connectivity index (χ1) is 10.3. The average Bonchev–Trinajstić information content (AvgIpc) is 3.16. The number of hydrogen-bond donors (Lipinski definition) is 0. The molecule has 1 aromatic carbocycles. The van der Waals surface area contributed by atoms with Gasteiger partial charge in [-0.05, 0) is 31.5 Å². The Hall–Kier alpha value is -1.79. The van der Waals surface area contributed by atoms with Crippen LogP contribution in [0.2, 0.25) is 0 Å². The number of cyclic esters (lactones) is 1. The van der Waals surface area contributed by atoms with Crippen molar-refractivity contribution in [2.75, 3.05) is 19.7 Å². The van der Waals surface area contributed by atoms with Gasteiger partial charge in [0, 0.05) is 24.6 Å². The van der Waals surface area contributed by atoms with E-state index in [1.165, 1.54) is 6.42 Å². The number of carbonyl (C=O) groups is 1. The number of fused-ring (bicyclic) bond motifs is 1. The summed E-state index contributed by atoms with van der Waals surface area (Å²) >= 11 is 0. The molecule has 3 saturated heterocycles.